The molecule has 0 aromatic heterocycles. The van der Waals surface area contributed by atoms with Crippen LogP contribution >= 0.6 is 0 Å². The number of ether oxygens (including phenoxy) is 2. The Morgan fingerprint density at radius 3 is 2.33 bits per heavy atom. The minimum atomic E-state index is -1.28. The summed E-state index contributed by atoms with van der Waals surface area (Å²) in [5.41, 5.74) is 0.349. The van der Waals surface area contributed by atoms with Crippen molar-refractivity contribution < 1.29 is 34.1 Å². The van der Waals surface area contributed by atoms with Crippen molar-refractivity contribution in [3.63, 3.8) is 0 Å². The van der Waals surface area contributed by atoms with Crippen LogP contribution in [-0.4, -0.2) is 71.9 Å². The van der Waals surface area contributed by atoms with E-state index < -0.39 is 48.5 Å². The normalized spacial score (nSPS) is 17.6. The van der Waals surface area contributed by atoms with Crippen molar-refractivity contribution in [2.24, 2.45) is 5.92 Å². The van der Waals surface area contributed by atoms with Crippen LogP contribution in [0.15, 0.2) is 54.6 Å². The van der Waals surface area contributed by atoms with E-state index in [0.717, 1.165) is 32.1 Å². The second-order valence-corrected chi connectivity index (χ2v) is 10.7. The van der Waals surface area contributed by atoms with Gasteiger partial charge >= 0.3 is 0 Å². The Bertz CT molecular complexity index is 1100. The molecule has 2 unspecified atom stereocenters. The van der Waals surface area contributed by atoms with E-state index in [9.17, 15) is 24.6 Å². The molecule has 1 fully saturated rings. The average Bonchev–Trinajstić information content (AvgIpc) is 3.76. The Kier molecular flexibility index (Phi) is 12.1. The zero-order valence-corrected chi connectivity index (χ0v) is 23.4. The fraction of sp³-hybridized carbons (Fsp3) is 0.516. The summed E-state index contributed by atoms with van der Waals surface area (Å²) in [6.07, 6.45) is 5.58. The number of hydrogen-bond donors (Lipinski definition) is 4. The molecule has 0 saturated carbocycles. The summed E-state index contributed by atoms with van der Waals surface area (Å²) < 4.78 is 11.0. The first-order valence-electron chi connectivity index (χ1n) is 14.1. The van der Waals surface area contributed by atoms with Crippen LogP contribution in [0.2, 0.25) is 0 Å². The quantitative estimate of drug-likeness (QED) is 0.164. The van der Waals surface area contributed by atoms with E-state index in [1.54, 1.807) is 24.3 Å². The topological polar surface area (TPSA) is 137 Å². The predicted molar refractivity (Wildman–Crippen MR) is 151 cm³/mol. The van der Waals surface area contributed by atoms with Crippen LogP contribution in [0, 0.1) is 5.92 Å². The molecular weight excluding hydrogens is 512 g/mol. The van der Waals surface area contributed by atoms with Crippen LogP contribution in [0.4, 0.5) is 0 Å². The summed E-state index contributed by atoms with van der Waals surface area (Å²) >= 11 is 0. The van der Waals surface area contributed by atoms with Gasteiger partial charge in [0.05, 0.1) is 32.5 Å². The Balaban J connectivity index is 1.46. The van der Waals surface area contributed by atoms with Crippen molar-refractivity contribution in [1.29, 1.82) is 0 Å². The molecule has 3 rings (SSSR count). The van der Waals surface area contributed by atoms with E-state index in [-0.39, 0.29) is 18.1 Å². The molecular formula is C31H42N2O7. The van der Waals surface area contributed by atoms with Crippen molar-refractivity contribution in [2.45, 2.75) is 70.1 Å². The molecule has 1 heterocycles. The molecule has 9 heteroatoms. The molecule has 2 aromatic carbocycles. The molecule has 218 valence electrons. The fourth-order valence-corrected chi connectivity index (χ4v) is 4.47. The van der Waals surface area contributed by atoms with Crippen LogP contribution in [0.25, 0.3) is 0 Å². The molecule has 0 radical (unpaired) electrons. The number of epoxide rings is 1. The van der Waals surface area contributed by atoms with Gasteiger partial charge in [-0.2, -0.15) is 0 Å². The predicted octanol–water partition coefficient (Wildman–Crippen LogP) is 2.82. The molecule has 1 aliphatic rings. The molecule has 1 aliphatic heterocycles. The fourth-order valence-electron chi connectivity index (χ4n) is 4.47. The third-order valence-corrected chi connectivity index (χ3v) is 6.91. The molecule has 3 atom stereocenters. The van der Waals surface area contributed by atoms with Gasteiger partial charge in [-0.15, -0.1) is 0 Å². The van der Waals surface area contributed by atoms with Gasteiger partial charge in [0.1, 0.15) is 11.8 Å². The highest BCUT2D eigenvalue weighted by molar-refractivity contribution is 6.00. The highest BCUT2D eigenvalue weighted by Crippen LogP contribution is 2.30. The van der Waals surface area contributed by atoms with Crippen molar-refractivity contribution in [3.05, 3.63) is 65.7 Å². The maximum atomic E-state index is 12.9. The van der Waals surface area contributed by atoms with E-state index in [1.807, 2.05) is 19.9 Å². The minimum absolute atomic E-state index is 0.0722. The Morgan fingerprint density at radius 1 is 0.950 bits per heavy atom. The van der Waals surface area contributed by atoms with Gasteiger partial charge in [0.15, 0.2) is 11.4 Å². The van der Waals surface area contributed by atoms with E-state index in [0.29, 0.717) is 18.8 Å². The van der Waals surface area contributed by atoms with Gasteiger partial charge in [0.2, 0.25) is 5.91 Å². The van der Waals surface area contributed by atoms with E-state index in [1.165, 1.54) is 5.56 Å². The summed E-state index contributed by atoms with van der Waals surface area (Å²) in [7, 11) is 0. The first kappa shape index (κ1) is 31.3. The molecule has 0 spiro atoms. The van der Waals surface area contributed by atoms with Gasteiger partial charge in [0.25, 0.3) is 5.91 Å². The van der Waals surface area contributed by atoms with E-state index >= 15 is 0 Å². The molecule has 9 nitrogen and oxygen atoms in total. The third kappa shape index (κ3) is 9.43. The first-order valence-corrected chi connectivity index (χ1v) is 14.1. The molecule has 1 saturated heterocycles. The van der Waals surface area contributed by atoms with Crippen LogP contribution < -0.4 is 15.4 Å². The van der Waals surface area contributed by atoms with Gasteiger partial charge in [0, 0.05) is 5.56 Å². The van der Waals surface area contributed by atoms with Crippen molar-refractivity contribution in [1.82, 2.24) is 10.6 Å². The SMILES string of the molecule is CC(C)CC(NC(=O)[C@H](CO)NC(=O)c1cccc(OCCCCCCc2ccccc2)c1)C(=O)C1(CO)CO1. The Hall–Kier alpha value is -3.27. The number of hydrogen-bond acceptors (Lipinski definition) is 7. The van der Waals surface area contributed by atoms with Crippen LogP contribution in [0.1, 0.15) is 61.9 Å². The number of rotatable bonds is 18. The van der Waals surface area contributed by atoms with E-state index in [2.05, 4.69) is 34.9 Å². The van der Waals surface area contributed by atoms with Crippen molar-refractivity contribution >= 4 is 17.6 Å². The number of aryl methyl sites for hydroxylation is 1. The number of unbranched alkanes of at least 4 members (excludes halogenated alkanes) is 3. The first-order chi connectivity index (χ1) is 19.3. The highest BCUT2D eigenvalue weighted by atomic mass is 16.6. The summed E-state index contributed by atoms with van der Waals surface area (Å²) in [6, 6.07) is 14.9. The van der Waals surface area contributed by atoms with E-state index in [4.69, 9.17) is 9.47 Å². The van der Waals surface area contributed by atoms with Crippen molar-refractivity contribution in [2.75, 3.05) is 26.4 Å². The van der Waals surface area contributed by atoms with Gasteiger partial charge in [-0.3, -0.25) is 14.4 Å². The van der Waals surface area contributed by atoms with Crippen LogP contribution in [0.5, 0.6) is 5.75 Å². The number of ketones is 1. The molecule has 0 aliphatic carbocycles. The summed E-state index contributed by atoms with van der Waals surface area (Å²) in [6.45, 7) is 3.31. The largest absolute Gasteiger partial charge is 0.494 e. The highest BCUT2D eigenvalue weighted by Gasteiger charge is 2.54. The number of carbonyl (C=O) groups is 3. The lowest BCUT2D eigenvalue weighted by Crippen LogP contribution is -2.55. The molecule has 40 heavy (non-hydrogen) atoms. The maximum absolute atomic E-state index is 12.9. The Morgan fingerprint density at radius 2 is 1.68 bits per heavy atom. The zero-order valence-electron chi connectivity index (χ0n) is 23.4. The monoisotopic (exact) mass is 554 g/mol. The lowest BCUT2D eigenvalue weighted by molar-refractivity contribution is -0.133. The van der Waals surface area contributed by atoms with Crippen molar-refractivity contribution in [3.8, 4) is 5.75 Å². The smallest absolute Gasteiger partial charge is 0.252 e. The number of aliphatic hydroxyl groups is 2. The molecule has 4 N–H and O–H groups in total. The average molecular weight is 555 g/mol. The molecule has 0 bridgehead atoms. The number of amides is 2. The van der Waals surface area contributed by atoms with Crippen LogP contribution in [-0.2, 0) is 20.7 Å². The lowest BCUT2D eigenvalue weighted by atomic mass is 9.92. The molecule has 2 amide bonds. The van der Waals surface area contributed by atoms with Gasteiger partial charge < -0.3 is 30.3 Å². The zero-order chi connectivity index (χ0) is 29.0. The second kappa shape index (κ2) is 15.5. The number of nitrogens with one attached hydrogen (secondary N) is 2. The number of aliphatic hydroxyl groups excluding tert-OH is 2. The number of carbonyl (C=O) groups excluding carboxylic acids is 3. The van der Waals surface area contributed by atoms with Crippen LogP contribution in [0.3, 0.4) is 0 Å². The lowest BCUT2D eigenvalue weighted by Gasteiger charge is -2.24. The number of benzene rings is 2. The standard InChI is InChI=1S/C31H42N2O7/c1-22(2)17-26(28(36)31(20-35)21-40-31)32-30(38)27(19-34)33-29(37)24-14-10-15-25(18-24)39-16-9-4-3-6-11-23-12-7-5-8-13-23/h5,7-8,10,12-15,18,22,26-27,34-35H,3-4,6,9,11,16-17,19-21H2,1-2H3,(H,32,38)(H,33,37)/t26?,27-,31?/m0/s1. The second-order valence-electron chi connectivity index (χ2n) is 10.7. The summed E-state index contributed by atoms with van der Waals surface area (Å²) in [5.74, 6) is -1.04. The minimum Gasteiger partial charge on any atom is -0.494 e. The third-order valence-electron chi connectivity index (χ3n) is 6.91. The van der Waals surface area contributed by atoms with Gasteiger partial charge in [-0.05, 0) is 55.4 Å². The molecule has 2 aromatic rings. The number of Topliss-reactive ketones (excluding diaryl/α,β-unsaturated/α-hetero) is 1. The Labute approximate surface area is 236 Å². The van der Waals surface area contributed by atoms with Gasteiger partial charge in [-0.25, -0.2) is 0 Å². The van der Waals surface area contributed by atoms with Gasteiger partial charge in [-0.1, -0.05) is 63.1 Å². The summed E-state index contributed by atoms with van der Waals surface area (Å²) in [4.78, 5) is 38.7. The summed E-state index contributed by atoms with van der Waals surface area (Å²) in [5, 5.41) is 24.5. The maximum Gasteiger partial charge on any atom is 0.252 e.